The number of hydrogen-bond acceptors (Lipinski definition) is 7. The molecule has 0 radical (unpaired) electrons. The maximum atomic E-state index is 13.0. The highest BCUT2D eigenvalue weighted by molar-refractivity contribution is 5.71. The number of carboxylic acids is 1. The molecular formula is C84H134NO8+. The molecule has 93 heavy (non-hydrogen) atoms. The SMILES string of the molecule is CC/C=C\C/C=C\C/C=C\C/C=C\C/C=C\C/C=C\C/C=C\C/C=C\C/C=C\CCCCCCCC(=O)OC(COC(=O)CCCCCCCCCCCCCCC/C=C\C/C=C\C/C=C\C/C=C\C/C=C\C/C=C\C/C=C\CC)COC(OCC[N+](C)(C)C)C(=O)O. The van der Waals surface area contributed by atoms with Gasteiger partial charge < -0.3 is 28.5 Å². The monoisotopic (exact) mass is 1290 g/mol. The van der Waals surface area contributed by atoms with Crippen molar-refractivity contribution in [2.24, 2.45) is 0 Å². The van der Waals surface area contributed by atoms with E-state index in [9.17, 15) is 19.5 Å². The van der Waals surface area contributed by atoms with E-state index in [2.05, 4.69) is 208 Å². The topological polar surface area (TPSA) is 108 Å². The first kappa shape index (κ1) is 87.1. The molecule has 9 heteroatoms. The highest BCUT2D eigenvalue weighted by Gasteiger charge is 2.25. The summed E-state index contributed by atoms with van der Waals surface area (Å²) in [6.45, 7) is 4.61. The van der Waals surface area contributed by atoms with E-state index in [1.807, 2.05) is 21.1 Å². The van der Waals surface area contributed by atoms with Crippen LogP contribution in [0.25, 0.3) is 0 Å². The van der Waals surface area contributed by atoms with Gasteiger partial charge in [0.05, 0.1) is 34.4 Å². The number of likely N-dealkylation sites (N-methyl/N-ethyl adjacent to an activating group) is 1. The first-order valence-corrected chi connectivity index (χ1v) is 36.6. The molecule has 2 unspecified atom stereocenters. The quantitative estimate of drug-likeness (QED) is 0.0211. The summed E-state index contributed by atoms with van der Waals surface area (Å²) in [5.74, 6) is -2.05. The van der Waals surface area contributed by atoms with Crippen LogP contribution in [0.1, 0.15) is 258 Å². The van der Waals surface area contributed by atoms with E-state index in [0.717, 1.165) is 154 Å². The van der Waals surface area contributed by atoms with Crippen LogP contribution in [0.4, 0.5) is 0 Å². The number of quaternary nitrogens is 1. The van der Waals surface area contributed by atoms with Crippen molar-refractivity contribution in [1.29, 1.82) is 0 Å². The Morgan fingerprint density at radius 3 is 0.860 bits per heavy atom. The summed E-state index contributed by atoms with van der Waals surface area (Å²) < 4.78 is 23.0. The average molecular weight is 1290 g/mol. The molecule has 1 N–H and O–H groups in total. The van der Waals surface area contributed by atoms with E-state index in [-0.39, 0.29) is 38.6 Å². The fraction of sp³-hybridized carbons (Fsp3) is 0.583. The minimum Gasteiger partial charge on any atom is -0.477 e. The normalized spacial score (nSPS) is 13.9. The van der Waals surface area contributed by atoms with Crippen molar-refractivity contribution in [2.45, 2.75) is 270 Å². The van der Waals surface area contributed by atoms with Crippen LogP contribution in [0.2, 0.25) is 0 Å². The molecule has 0 aliphatic carbocycles. The Morgan fingerprint density at radius 2 is 0.581 bits per heavy atom. The molecule has 2 atom stereocenters. The van der Waals surface area contributed by atoms with Crippen molar-refractivity contribution in [2.75, 3.05) is 47.5 Å². The molecule has 0 spiro atoms. The largest absolute Gasteiger partial charge is 0.477 e. The number of esters is 2. The lowest BCUT2D eigenvalue weighted by molar-refractivity contribution is -0.870. The maximum absolute atomic E-state index is 13.0. The molecule has 0 aromatic carbocycles. The number of rotatable bonds is 65. The van der Waals surface area contributed by atoms with Crippen LogP contribution in [0.15, 0.2) is 194 Å². The van der Waals surface area contributed by atoms with E-state index >= 15 is 0 Å². The molecule has 0 rings (SSSR count). The summed E-state index contributed by atoms with van der Waals surface area (Å²) in [5, 5.41) is 9.76. The smallest absolute Gasteiger partial charge is 0.361 e. The number of nitrogens with zero attached hydrogens (tertiary/aromatic N) is 1. The number of carboxylic acid groups (broad SMARTS) is 1. The van der Waals surface area contributed by atoms with Crippen LogP contribution in [-0.4, -0.2) is 87.4 Å². The Kier molecular flexibility index (Phi) is 67.4. The Hall–Kier alpha value is -5.87. The highest BCUT2D eigenvalue weighted by Crippen LogP contribution is 2.16. The molecule has 522 valence electrons. The predicted octanol–water partition coefficient (Wildman–Crippen LogP) is 23.4. The van der Waals surface area contributed by atoms with E-state index < -0.39 is 24.3 Å². The van der Waals surface area contributed by atoms with Crippen molar-refractivity contribution in [3.05, 3.63) is 194 Å². The molecule has 0 fully saturated rings. The molecule has 0 aliphatic rings. The van der Waals surface area contributed by atoms with Crippen LogP contribution in [-0.2, 0) is 33.3 Å². The minimum absolute atomic E-state index is 0.173. The molecule has 0 amide bonds. The third-order valence-electron chi connectivity index (χ3n) is 14.8. The molecule has 0 bridgehead atoms. The fourth-order valence-electron chi connectivity index (χ4n) is 9.34. The highest BCUT2D eigenvalue weighted by atomic mass is 16.7. The van der Waals surface area contributed by atoms with Crippen LogP contribution in [0.3, 0.4) is 0 Å². The Bertz CT molecular complexity index is 2230. The first-order valence-electron chi connectivity index (χ1n) is 36.6. The summed E-state index contributed by atoms with van der Waals surface area (Å²) in [6.07, 6.45) is 108. The van der Waals surface area contributed by atoms with Gasteiger partial charge in [0, 0.05) is 12.8 Å². The fourth-order valence-corrected chi connectivity index (χ4v) is 9.34. The second-order valence-corrected chi connectivity index (χ2v) is 24.8. The van der Waals surface area contributed by atoms with E-state index in [4.69, 9.17) is 18.9 Å². The number of carbonyl (C=O) groups is 3. The molecular weight excluding hydrogens is 1150 g/mol. The molecule has 0 saturated carbocycles. The van der Waals surface area contributed by atoms with Crippen molar-refractivity contribution in [3.63, 3.8) is 0 Å². The Morgan fingerprint density at radius 1 is 0.323 bits per heavy atom. The lowest BCUT2D eigenvalue weighted by Gasteiger charge is -2.25. The standard InChI is InChI=1S/C84H133NO8/c1-6-8-10-12-14-16-18-20-22-24-26-28-30-32-34-36-38-40-41-43-44-46-48-50-52-54-56-58-60-62-64-66-68-70-72-74-81(86)91-78-80(79-92-84(83(88)89)90-77-76-85(3,4)5)93-82(87)75-73-71-69-67-65-63-61-59-57-55-53-51-49-47-45-42-39-37-35-33-31-29-27-25-23-21-19-17-15-13-11-9-7-2/h8-11,14-17,20-23,26-29,32-35,38-40,42-44,47,49,53,55,59,61,80,84H,6-7,12-13,18-19,24-25,30-31,36-37,41,45-46,48,50-52,54,56-58,60,62-79H2,1-5H3/p+1/b10-8-,11-9-,16-14-,17-15-,22-20-,23-21-,28-26-,29-27-,34-32-,35-33-,40-38-,42-39-,44-43-,49-47-,55-53-,61-59-. The van der Waals surface area contributed by atoms with Crippen molar-refractivity contribution < 1.29 is 42.9 Å². The molecule has 0 saturated heterocycles. The summed E-state index contributed by atoms with van der Waals surface area (Å²) in [4.78, 5) is 37.7. The summed E-state index contributed by atoms with van der Waals surface area (Å²) >= 11 is 0. The van der Waals surface area contributed by atoms with Gasteiger partial charge >= 0.3 is 17.9 Å². The molecule has 0 aromatic heterocycles. The maximum Gasteiger partial charge on any atom is 0.361 e. The number of aliphatic carboxylic acids is 1. The zero-order valence-corrected chi connectivity index (χ0v) is 59.6. The molecule has 0 aromatic rings. The number of unbranched alkanes of at least 4 members (excludes halogenated alkanes) is 18. The third kappa shape index (κ3) is 73.4. The van der Waals surface area contributed by atoms with Crippen LogP contribution >= 0.6 is 0 Å². The van der Waals surface area contributed by atoms with Gasteiger partial charge in [0.15, 0.2) is 6.10 Å². The minimum atomic E-state index is -1.53. The zero-order valence-electron chi connectivity index (χ0n) is 59.6. The van der Waals surface area contributed by atoms with Gasteiger partial charge in [0.2, 0.25) is 0 Å². The van der Waals surface area contributed by atoms with Gasteiger partial charge in [0.1, 0.15) is 13.2 Å². The van der Waals surface area contributed by atoms with Gasteiger partial charge in [-0.15, -0.1) is 0 Å². The van der Waals surface area contributed by atoms with Gasteiger partial charge in [-0.2, -0.15) is 0 Å². The van der Waals surface area contributed by atoms with Gasteiger partial charge in [-0.05, 0) is 141 Å². The molecule has 9 nitrogen and oxygen atoms in total. The number of carbonyl (C=O) groups excluding carboxylic acids is 2. The Labute approximate surface area is 570 Å². The van der Waals surface area contributed by atoms with Gasteiger partial charge in [0.25, 0.3) is 6.29 Å². The first-order chi connectivity index (χ1) is 45.6. The van der Waals surface area contributed by atoms with E-state index in [1.165, 1.54) is 70.6 Å². The number of allylic oxidation sites excluding steroid dienone is 32. The second kappa shape index (κ2) is 72.0. The van der Waals surface area contributed by atoms with Gasteiger partial charge in [-0.3, -0.25) is 9.59 Å². The molecule has 0 aliphatic heterocycles. The van der Waals surface area contributed by atoms with Crippen LogP contribution in [0, 0.1) is 0 Å². The van der Waals surface area contributed by atoms with E-state index in [0.29, 0.717) is 17.4 Å². The van der Waals surface area contributed by atoms with Crippen LogP contribution < -0.4 is 0 Å². The zero-order chi connectivity index (χ0) is 67.5. The Balaban J connectivity index is 4.21. The van der Waals surface area contributed by atoms with Crippen molar-refractivity contribution in [3.8, 4) is 0 Å². The summed E-state index contributed by atoms with van der Waals surface area (Å²) in [5.41, 5.74) is 0. The lowest BCUT2D eigenvalue weighted by Crippen LogP contribution is -2.40. The average Bonchev–Trinajstić information content (AvgIpc) is 3.74. The van der Waals surface area contributed by atoms with Gasteiger partial charge in [-0.1, -0.05) is 298 Å². The second-order valence-electron chi connectivity index (χ2n) is 24.8. The van der Waals surface area contributed by atoms with Gasteiger partial charge in [-0.25, -0.2) is 4.79 Å². The number of ether oxygens (including phenoxy) is 4. The lowest BCUT2D eigenvalue weighted by atomic mass is 10.0. The van der Waals surface area contributed by atoms with Crippen LogP contribution in [0.5, 0.6) is 0 Å². The van der Waals surface area contributed by atoms with Crippen molar-refractivity contribution in [1.82, 2.24) is 0 Å². The third-order valence-corrected chi connectivity index (χ3v) is 14.8. The van der Waals surface area contributed by atoms with E-state index in [1.54, 1.807) is 0 Å². The predicted molar refractivity (Wildman–Crippen MR) is 400 cm³/mol. The molecule has 0 heterocycles. The number of hydrogen-bond donors (Lipinski definition) is 1. The van der Waals surface area contributed by atoms with Crippen molar-refractivity contribution >= 4 is 17.9 Å². The summed E-state index contributed by atoms with van der Waals surface area (Å²) in [7, 11) is 5.96. The summed E-state index contributed by atoms with van der Waals surface area (Å²) in [6, 6.07) is 0.